The third kappa shape index (κ3) is 4.17. The van der Waals surface area contributed by atoms with Crippen molar-refractivity contribution >= 4 is 11.6 Å². The quantitative estimate of drug-likeness (QED) is 0.713. The molecule has 4 rings (SSSR count). The van der Waals surface area contributed by atoms with E-state index in [2.05, 4.69) is 16.4 Å². The van der Waals surface area contributed by atoms with Crippen LogP contribution < -0.4 is 10.1 Å². The lowest BCUT2D eigenvalue weighted by Crippen LogP contribution is -2.15. The number of amides is 1. The second-order valence-electron chi connectivity index (χ2n) is 6.78. The molecule has 0 saturated carbocycles. The molecule has 0 unspecified atom stereocenters. The second-order valence-corrected chi connectivity index (χ2v) is 6.78. The Morgan fingerprint density at radius 2 is 1.93 bits per heavy atom. The van der Waals surface area contributed by atoms with E-state index < -0.39 is 0 Å². The van der Waals surface area contributed by atoms with Gasteiger partial charge in [0.15, 0.2) is 0 Å². The Morgan fingerprint density at radius 3 is 2.81 bits per heavy atom. The van der Waals surface area contributed by atoms with Crippen LogP contribution >= 0.6 is 0 Å². The van der Waals surface area contributed by atoms with Crippen molar-refractivity contribution in [3.63, 3.8) is 0 Å². The fraction of sp³-hybridized carbons (Fsp3) is 0.217. The number of nitrogens with zero attached hydrogens (tertiary/aromatic N) is 1. The number of hydrogen-bond acceptors (Lipinski definition) is 3. The van der Waals surface area contributed by atoms with Crippen LogP contribution in [0.5, 0.6) is 5.75 Å². The lowest BCUT2D eigenvalue weighted by Gasteiger charge is -2.19. The van der Waals surface area contributed by atoms with Crippen LogP contribution in [-0.4, -0.2) is 10.9 Å². The summed E-state index contributed by atoms with van der Waals surface area (Å²) in [6.45, 7) is 0.422. The summed E-state index contributed by atoms with van der Waals surface area (Å²) in [4.78, 5) is 16.8. The molecule has 27 heavy (non-hydrogen) atoms. The molecule has 1 aromatic heterocycles. The number of carbonyl (C=O) groups excluding carboxylic acids is 1. The Morgan fingerprint density at radius 1 is 1.04 bits per heavy atom. The summed E-state index contributed by atoms with van der Waals surface area (Å²) in [6.07, 6.45) is 8.03. The van der Waals surface area contributed by atoms with E-state index in [1.165, 1.54) is 24.0 Å². The third-order valence-corrected chi connectivity index (χ3v) is 4.87. The normalized spacial score (nSPS) is 12.9. The zero-order valence-corrected chi connectivity index (χ0v) is 15.2. The highest BCUT2D eigenvalue weighted by molar-refractivity contribution is 6.05. The number of nitrogens with one attached hydrogen (secondary N) is 1. The van der Waals surface area contributed by atoms with Crippen molar-refractivity contribution in [1.29, 1.82) is 0 Å². The van der Waals surface area contributed by atoms with Gasteiger partial charge in [-0.05, 0) is 67.1 Å². The fourth-order valence-corrected chi connectivity index (χ4v) is 3.47. The Bertz CT molecular complexity index is 938. The molecule has 136 valence electrons. The molecule has 4 nitrogen and oxygen atoms in total. The maximum Gasteiger partial charge on any atom is 0.255 e. The summed E-state index contributed by atoms with van der Waals surface area (Å²) in [5, 5.41) is 3.08. The summed E-state index contributed by atoms with van der Waals surface area (Å²) in [5.74, 6) is 0.558. The van der Waals surface area contributed by atoms with Crippen molar-refractivity contribution in [2.45, 2.75) is 32.3 Å². The van der Waals surface area contributed by atoms with Crippen LogP contribution in [0.1, 0.15) is 39.9 Å². The number of anilines is 1. The minimum absolute atomic E-state index is 0.110. The monoisotopic (exact) mass is 358 g/mol. The molecule has 1 amide bonds. The van der Waals surface area contributed by atoms with E-state index in [-0.39, 0.29) is 5.91 Å². The zero-order chi connectivity index (χ0) is 18.5. The highest BCUT2D eigenvalue weighted by Gasteiger charge is 2.15. The molecule has 0 atom stereocenters. The number of carbonyl (C=O) groups is 1. The molecule has 1 heterocycles. The lowest BCUT2D eigenvalue weighted by atomic mass is 9.90. The van der Waals surface area contributed by atoms with E-state index in [0.29, 0.717) is 17.9 Å². The standard InChI is InChI=1S/C23H22N2O2/c26-23(25-22-12-4-8-18-7-1-2-11-21(18)22)19-9-3-10-20(14-19)27-16-17-6-5-13-24-15-17/h3-6,8-10,12-15H,1-2,7,11,16H2,(H,25,26). The topological polar surface area (TPSA) is 51.2 Å². The van der Waals surface area contributed by atoms with Crippen molar-refractivity contribution in [3.8, 4) is 5.75 Å². The predicted molar refractivity (Wildman–Crippen MR) is 106 cm³/mol. The first-order valence-corrected chi connectivity index (χ1v) is 9.33. The number of ether oxygens (including phenoxy) is 1. The van der Waals surface area contributed by atoms with Crippen LogP contribution in [0.4, 0.5) is 5.69 Å². The number of pyridine rings is 1. The number of benzene rings is 2. The van der Waals surface area contributed by atoms with Crippen LogP contribution in [0, 0.1) is 0 Å². The second kappa shape index (κ2) is 8.04. The summed E-state index contributed by atoms with van der Waals surface area (Å²) < 4.78 is 5.80. The fourth-order valence-electron chi connectivity index (χ4n) is 3.47. The smallest absolute Gasteiger partial charge is 0.255 e. The highest BCUT2D eigenvalue weighted by Crippen LogP contribution is 2.28. The van der Waals surface area contributed by atoms with Gasteiger partial charge in [0.05, 0.1) is 0 Å². The average Bonchev–Trinajstić information content (AvgIpc) is 2.73. The van der Waals surface area contributed by atoms with Crippen LogP contribution in [0.15, 0.2) is 67.0 Å². The summed E-state index contributed by atoms with van der Waals surface area (Å²) >= 11 is 0. The van der Waals surface area contributed by atoms with Crippen LogP contribution in [0.3, 0.4) is 0 Å². The first-order chi connectivity index (χ1) is 13.3. The van der Waals surface area contributed by atoms with E-state index in [9.17, 15) is 4.79 Å². The van der Waals surface area contributed by atoms with Gasteiger partial charge in [0.2, 0.25) is 0 Å². The van der Waals surface area contributed by atoms with Crippen molar-refractivity contribution < 1.29 is 9.53 Å². The van der Waals surface area contributed by atoms with Crippen LogP contribution in [0.2, 0.25) is 0 Å². The summed E-state index contributed by atoms with van der Waals surface area (Å²) in [5.41, 5.74) is 5.14. The maximum absolute atomic E-state index is 12.7. The molecule has 0 spiro atoms. The van der Waals surface area contributed by atoms with Gasteiger partial charge in [-0.25, -0.2) is 0 Å². The SMILES string of the molecule is O=C(Nc1cccc2c1CCCC2)c1cccc(OCc2cccnc2)c1. The Kier molecular flexibility index (Phi) is 5.15. The van der Waals surface area contributed by atoms with Crippen molar-refractivity contribution in [1.82, 2.24) is 4.98 Å². The molecule has 0 bridgehead atoms. The Labute approximate surface area is 159 Å². The van der Waals surface area contributed by atoms with Gasteiger partial charge in [0, 0.05) is 29.2 Å². The minimum atomic E-state index is -0.110. The van der Waals surface area contributed by atoms with Crippen molar-refractivity contribution in [2.75, 3.05) is 5.32 Å². The number of fused-ring (bicyclic) bond motifs is 1. The van der Waals surface area contributed by atoms with Crippen LogP contribution in [0.25, 0.3) is 0 Å². The number of rotatable bonds is 5. The molecule has 0 fully saturated rings. The summed E-state index contributed by atoms with van der Waals surface area (Å²) in [7, 11) is 0. The van der Waals surface area contributed by atoms with Gasteiger partial charge in [-0.2, -0.15) is 0 Å². The highest BCUT2D eigenvalue weighted by atomic mass is 16.5. The van der Waals surface area contributed by atoms with E-state index in [4.69, 9.17) is 4.74 Å². The minimum Gasteiger partial charge on any atom is -0.489 e. The van der Waals surface area contributed by atoms with Gasteiger partial charge in [-0.3, -0.25) is 9.78 Å². The molecule has 2 aromatic carbocycles. The summed E-state index contributed by atoms with van der Waals surface area (Å²) in [6, 6.07) is 17.3. The number of aryl methyl sites for hydroxylation is 1. The Balaban J connectivity index is 1.46. The van der Waals surface area contributed by atoms with Crippen molar-refractivity contribution in [3.05, 3.63) is 89.2 Å². The molecular formula is C23H22N2O2. The average molecular weight is 358 g/mol. The third-order valence-electron chi connectivity index (χ3n) is 4.87. The van der Waals surface area contributed by atoms with Gasteiger partial charge >= 0.3 is 0 Å². The molecule has 1 aliphatic rings. The molecular weight excluding hydrogens is 336 g/mol. The van der Waals surface area contributed by atoms with Gasteiger partial charge in [-0.15, -0.1) is 0 Å². The number of hydrogen-bond donors (Lipinski definition) is 1. The molecule has 0 saturated heterocycles. The van der Waals surface area contributed by atoms with Gasteiger partial charge < -0.3 is 10.1 Å². The first-order valence-electron chi connectivity index (χ1n) is 9.33. The van der Waals surface area contributed by atoms with Gasteiger partial charge in [0.25, 0.3) is 5.91 Å². The molecule has 3 aromatic rings. The molecule has 1 aliphatic carbocycles. The zero-order valence-electron chi connectivity index (χ0n) is 15.2. The van der Waals surface area contributed by atoms with Gasteiger partial charge in [-0.1, -0.05) is 24.3 Å². The first kappa shape index (κ1) is 17.3. The van der Waals surface area contributed by atoms with Gasteiger partial charge in [0.1, 0.15) is 12.4 Å². The largest absolute Gasteiger partial charge is 0.489 e. The van der Waals surface area contributed by atoms with Crippen molar-refractivity contribution in [2.24, 2.45) is 0 Å². The van der Waals surface area contributed by atoms with E-state index >= 15 is 0 Å². The lowest BCUT2D eigenvalue weighted by molar-refractivity contribution is 0.102. The molecule has 0 radical (unpaired) electrons. The molecule has 1 N–H and O–H groups in total. The maximum atomic E-state index is 12.7. The number of aromatic nitrogens is 1. The molecule has 4 heteroatoms. The van der Waals surface area contributed by atoms with E-state index in [1.54, 1.807) is 18.5 Å². The van der Waals surface area contributed by atoms with Crippen LogP contribution in [-0.2, 0) is 19.4 Å². The van der Waals surface area contributed by atoms with E-state index in [1.807, 2.05) is 42.5 Å². The Hall–Kier alpha value is -3.14. The van der Waals surface area contributed by atoms with E-state index in [0.717, 1.165) is 24.1 Å². The predicted octanol–water partition coefficient (Wildman–Crippen LogP) is 4.79. The molecule has 0 aliphatic heterocycles.